The molecule has 0 unspecified atom stereocenters. The van der Waals surface area contributed by atoms with Crippen molar-refractivity contribution < 1.29 is 5.11 Å². The van der Waals surface area contributed by atoms with E-state index in [9.17, 15) is 0 Å². The van der Waals surface area contributed by atoms with Gasteiger partial charge >= 0.3 is 0 Å². The third-order valence-electron chi connectivity index (χ3n) is 3.64. The molecule has 0 saturated heterocycles. The van der Waals surface area contributed by atoms with Crippen molar-refractivity contribution in [3.05, 3.63) is 82.2 Å². The van der Waals surface area contributed by atoms with Crippen LogP contribution in [0.1, 0.15) is 17.5 Å². The molecule has 0 aliphatic rings. The van der Waals surface area contributed by atoms with Gasteiger partial charge in [0.05, 0.1) is 6.04 Å². The van der Waals surface area contributed by atoms with Gasteiger partial charge in [-0.05, 0) is 23.1 Å². The fraction of sp³-hybridized carbons (Fsp3) is 0.333. The Balaban J connectivity index is 2.11. The summed E-state index contributed by atoms with van der Waals surface area (Å²) >= 11 is 0. The Morgan fingerprint density at radius 1 is 0.957 bits per heavy atom. The van der Waals surface area contributed by atoms with Crippen LogP contribution < -0.4 is 0 Å². The maximum atomic E-state index is 9.15. The van der Waals surface area contributed by atoms with E-state index >= 15 is 0 Å². The second-order valence-electron chi connectivity index (χ2n) is 5.51. The molecular weight excluding hydrogens is 288 g/mol. The van der Waals surface area contributed by atoms with Crippen LogP contribution in [-0.2, 0) is 13.1 Å². The molecule has 0 heterocycles. The van der Waals surface area contributed by atoms with Crippen molar-refractivity contribution >= 4 is 0 Å². The maximum absolute atomic E-state index is 9.15. The minimum atomic E-state index is -0.225. The predicted octanol–water partition coefficient (Wildman–Crippen LogP) is 3.75. The molecule has 2 aromatic carbocycles. The third-order valence-corrected chi connectivity index (χ3v) is 3.64. The van der Waals surface area contributed by atoms with Gasteiger partial charge in [0.25, 0.3) is 0 Å². The lowest BCUT2D eigenvalue weighted by atomic mass is 10.1. The van der Waals surface area contributed by atoms with Crippen molar-refractivity contribution in [2.75, 3.05) is 13.2 Å². The molecule has 0 aliphatic carbocycles. The van der Waals surface area contributed by atoms with Crippen LogP contribution in [0.5, 0.6) is 0 Å². The second-order valence-corrected chi connectivity index (χ2v) is 5.51. The summed E-state index contributed by atoms with van der Waals surface area (Å²) in [6, 6.07) is 20.2. The van der Waals surface area contributed by atoms with Gasteiger partial charge in [0.1, 0.15) is 0 Å². The molecule has 0 saturated carbocycles. The quantitative estimate of drug-likeness (QED) is 0.435. The SMILES string of the molecule is [N-]=[N+]=N[C@H](CCO)CN(Cc1ccccc1)Cc1ccccc1. The molecule has 0 bridgehead atoms. The number of benzene rings is 2. The Labute approximate surface area is 136 Å². The summed E-state index contributed by atoms with van der Waals surface area (Å²) in [5.74, 6) is 0. The Bertz CT molecular complexity index is 570. The van der Waals surface area contributed by atoms with Crippen molar-refractivity contribution in [1.82, 2.24) is 4.90 Å². The molecule has 0 radical (unpaired) electrons. The van der Waals surface area contributed by atoms with E-state index in [4.69, 9.17) is 10.6 Å². The van der Waals surface area contributed by atoms with E-state index in [1.165, 1.54) is 11.1 Å². The van der Waals surface area contributed by atoms with Crippen molar-refractivity contribution in [3.63, 3.8) is 0 Å². The molecule has 0 aliphatic heterocycles. The number of hydrogen-bond donors (Lipinski definition) is 1. The van der Waals surface area contributed by atoms with Gasteiger partial charge in [-0.3, -0.25) is 4.90 Å². The first-order valence-electron chi connectivity index (χ1n) is 7.77. The van der Waals surface area contributed by atoms with Gasteiger partial charge in [0, 0.05) is 31.2 Å². The van der Waals surface area contributed by atoms with Gasteiger partial charge in [-0.2, -0.15) is 0 Å². The minimum absolute atomic E-state index is 0.0220. The highest BCUT2D eigenvalue weighted by Crippen LogP contribution is 2.13. The Hall–Kier alpha value is -2.33. The summed E-state index contributed by atoms with van der Waals surface area (Å²) in [7, 11) is 0. The van der Waals surface area contributed by atoms with Crippen LogP contribution in [0.2, 0.25) is 0 Å². The summed E-state index contributed by atoms with van der Waals surface area (Å²) in [6.45, 7) is 2.19. The zero-order chi connectivity index (χ0) is 16.3. The molecule has 1 atom stereocenters. The van der Waals surface area contributed by atoms with Crippen LogP contribution in [0, 0.1) is 0 Å². The number of aliphatic hydroxyl groups is 1. The van der Waals surface area contributed by atoms with E-state index in [2.05, 4.69) is 39.2 Å². The number of rotatable bonds is 9. The zero-order valence-electron chi connectivity index (χ0n) is 13.1. The van der Waals surface area contributed by atoms with Crippen LogP contribution in [0.25, 0.3) is 10.4 Å². The van der Waals surface area contributed by atoms with E-state index in [0.717, 1.165) is 13.1 Å². The van der Waals surface area contributed by atoms with Crippen molar-refractivity contribution in [2.24, 2.45) is 5.11 Å². The summed E-state index contributed by atoms with van der Waals surface area (Å²) in [4.78, 5) is 5.16. The van der Waals surface area contributed by atoms with Gasteiger partial charge in [0.15, 0.2) is 0 Å². The molecule has 5 nitrogen and oxygen atoms in total. The van der Waals surface area contributed by atoms with Crippen LogP contribution in [0.15, 0.2) is 65.8 Å². The molecule has 0 aromatic heterocycles. The van der Waals surface area contributed by atoms with Crippen molar-refractivity contribution in [1.29, 1.82) is 0 Å². The van der Waals surface area contributed by atoms with Gasteiger partial charge in [0.2, 0.25) is 0 Å². The first-order chi connectivity index (χ1) is 11.3. The number of hydrogen-bond acceptors (Lipinski definition) is 3. The largest absolute Gasteiger partial charge is 0.396 e. The molecule has 0 spiro atoms. The monoisotopic (exact) mass is 310 g/mol. The standard InChI is InChI=1S/C18H22N4O/c19-21-20-18(11-12-23)15-22(13-16-7-3-1-4-8-16)14-17-9-5-2-6-10-17/h1-10,18,23H,11-15H2/t18-/m1/s1. The second kappa shape index (κ2) is 9.64. The van der Waals surface area contributed by atoms with Gasteiger partial charge < -0.3 is 5.11 Å². The summed E-state index contributed by atoms with van der Waals surface area (Å²) < 4.78 is 0. The first kappa shape index (κ1) is 17.0. The fourth-order valence-electron chi connectivity index (χ4n) is 2.57. The van der Waals surface area contributed by atoms with E-state index in [1.807, 2.05) is 36.4 Å². The number of azide groups is 1. The van der Waals surface area contributed by atoms with Gasteiger partial charge in [-0.25, -0.2) is 0 Å². The highest BCUT2D eigenvalue weighted by atomic mass is 16.3. The highest BCUT2D eigenvalue weighted by Gasteiger charge is 2.14. The lowest BCUT2D eigenvalue weighted by Gasteiger charge is -2.25. The smallest absolute Gasteiger partial charge is 0.0523 e. The molecule has 2 rings (SSSR count). The molecule has 1 N–H and O–H groups in total. The van der Waals surface area contributed by atoms with E-state index in [0.29, 0.717) is 13.0 Å². The Morgan fingerprint density at radius 3 is 1.91 bits per heavy atom. The van der Waals surface area contributed by atoms with Crippen molar-refractivity contribution in [2.45, 2.75) is 25.6 Å². The maximum Gasteiger partial charge on any atom is 0.0523 e. The fourth-order valence-corrected chi connectivity index (χ4v) is 2.57. The zero-order valence-corrected chi connectivity index (χ0v) is 13.1. The Morgan fingerprint density at radius 2 is 1.48 bits per heavy atom. The van der Waals surface area contributed by atoms with Crippen LogP contribution in [-0.4, -0.2) is 29.2 Å². The topological polar surface area (TPSA) is 72.2 Å². The van der Waals surface area contributed by atoms with Crippen LogP contribution in [0.3, 0.4) is 0 Å². The lowest BCUT2D eigenvalue weighted by Crippen LogP contribution is -2.31. The van der Waals surface area contributed by atoms with Crippen LogP contribution in [0.4, 0.5) is 0 Å². The third kappa shape index (κ3) is 6.12. The van der Waals surface area contributed by atoms with E-state index in [-0.39, 0.29) is 12.6 Å². The lowest BCUT2D eigenvalue weighted by molar-refractivity contribution is 0.213. The predicted molar refractivity (Wildman–Crippen MR) is 91.6 cm³/mol. The summed E-state index contributed by atoms with van der Waals surface area (Å²) in [5.41, 5.74) is 11.1. The molecule has 5 heteroatoms. The molecule has 0 amide bonds. The van der Waals surface area contributed by atoms with E-state index in [1.54, 1.807) is 0 Å². The average molecular weight is 310 g/mol. The minimum Gasteiger partial charge on any atom is -0.396 e. The van der Waals surface area contributed by atoms with E-state index < -0.39 is 0 Å². The molecule has 2 aromatic rings. The van der Waals surface area contributed by atoms with Gasteiger partial charge in [-0.15, -0.1) is 0 Å². The van der Waals surface area contributed by atoms with Crippen LogP contribution >= 0.6 is 0 Å². The summed E-state index contributed by atoms with van der Waals surface area (Å²) in [6.07, 6.45) is 0.476. The molecule has 120 valence electrons. The number of nitrogens with zero attached hydrogens (tertiary/aromatic N) is 4. The highest BCUT2D eigenvalue weighted by molar-refractivity contribution is 5.17. The normalized spacial score (nSPS) is 11.9. The van der Waals surface area contributed by atoms with Gasteiger partial charge in [-0.1, -0.05) is 65.8 Å². The molecule has 0 fully saturated rings. The Kier molecular flexibility index (Phi) is 7.14. The number of aliphatic hydroxyl groups excluding tert-OH is 1. The summed E-state index contributed by atoms with van der Waals surface area (Å²) in [5, 5.41) is 13.0. The molecule has 23 heavy (non-hydrogen) atoms. The molecular formula is C18H22N4O. The van der Waals surface area contributed by atoms with Crippen molar-refractivity contribution in [3.8, 4) is 0 Å². The average Bonchev–Trinajstić information content (AvgIpc) is 2.57. The first-order valence-corrected chi connectivity index (χ1v) is 7.77.